The first-order valence-electron chi connectivity index (χ1n) is 7.15. The third-order valence-corrected chi connectivity index (χ3v) is 4.18. The molecule has 0 unspecified atom stereocenters. The van der Waals surface area contributed by atoms with Crippen LogP contribution in [-0.2, 0) is 6.54 Å². The average molecular weight is 365 g/mol. The molecule has 0 atom stereocenters. The van der Waals surface area contributed by atoms with Crippen molar-refractivity contribution >= 4 is 22.0 Å². The fourth-order valence-corrected chi connectivity index (χ4v) is 2.72. The van der Waals surface area contributed by atoms with E-state index in [1.807, 2.05) is 18.2 Å². The first-order chi connectivity index (χ1) is 10.7. The average Bonchev–Trinajstić information content (AvgIpc) is 2.94. The van der Waals surface area contributed by atoms with Gasteiger partial charge < -0.3 is 9.74 Å². The van der Waals surface area contributed by atoms with Crippen LogP contribution in [0.15, 0.2) is 47.5 Å². The van der Waals surface area contributed by atoms with Crippen molar-refractivity contribution in [2.45, 2.75) is 6.54 Å². The van der Waals surface area contributed by atoms with Crippen LogP contribution in [0.25, 0.3) is 0 Å². The summed E-state index contributed by atoms with van der Waals surface area (Å²) in [6, 6.07) is 10.4. The van der Waals surface area contributed by atoms with Crippen molar-refractivity contribution in [1.29, 1.82) is 0 Å². The Morgan fingerprint density at radius 2 is 1.91 bits per heavy atom. The summed E-state index contributed by atoms with van der Waals surface area (Å²) in [6.45, 7) is 3.93. The fourth-order valence-electron chi connectivity index (χ4n) is 2.41. The van der Waals surface area contributed by atoms with Gasteiger partial charge in [0.05, 0.1) is 6.20 Å². The highest BCUT2D eigenvalue weighted by Crippen LogP contribution is 2.10. The molecule has 2 heterocycles. The number of hydrogen-bond acceptors (Lipinski definition) is 4. The van der Waals surface area contributed by atoms with Gasteiger partial charge >= 0.3 is 6.09 Å². The van der Waals surface area contributed by atoms with Crippen molar-refractivity contribution in [1.82, 2.24) is 19.5 Å². The van der Waals surface area contributed by atoms with Crippen LogP contribution in [-0.4, -0.2) is 51.8 Å². The third kappa shape index (κ3) is 3.66. The minimum Gasteiger partial charge on any atom is -0.315 e. The van der Waals surface area contributed by atoms with Gasteiger partial charge in [-0.15, -0.1) is 0 Å². The Morgan fingerprint density at radius 3 is 2.55 bits per heavy atom. The molecule has 0 spiro atoms. The zero-order chi connectivity index (χ0) is 15.4. The van der Waals surface area contributed by atoms with E-state index in [0.717, 1.165) is 19.6 Å². The van der Waals surface area contributed by atoms with Gasteiger partial charge in [-0.3, -0.25) is 4.90 Å². The number of carbonyl (C=O) groups is 1. The summed E-state index contributed by atoms with van der Waals surface area (Å²) in [4.78, 5) is 25.4. The molecule has 0 saturated carbocycles. The third-order valence-electron chi connectivity index (χ3n) is 3.62. The molecule has 1 saturated heterocycles. The summed E-state index contributed by atoms with van der Waals surface area (Å²) in [7, 11) is 0. The summed E-state index contributed by atoms with van der Waals surface area (Å²) >= 11 is 3.21. The zero-order valence-corrected chi connectivity index (χ0v) is 13.6. The Labute approximate surface area is 137 Å². The lowest BCUT2D eigenvalue weighted by Gasteiger charge is -2.33. The highest BCUT2D eigenvalue weighted by Gasteiger charge is 2.23. The van der Waals surface area contributed by atoms with E-state index in [0.29, 0.717) is 17.8 Å². The molecule has 1 fully saturated rings. The van der Waals surface area contributed by atoms with Gasteiger partial charge in [-0.2, -0.15) is 4.73 Å². The minimum atomic E-state index is -0.349. The Morgan fingerprint density at radius 1 is 1.18 bits per heavy atom. The fraction of sp³-hybridized carbons (Fsp3) is 0.333. The van der Waals surface area contributed by atoms with Gasteiger partial charge in [-0.25, -0.2) is 9.78 Å². The predicted molar refractivity (Wildman–Crippen MR) is 85.2 cm³/mol. The molecule has 0 N–H and O–H groups in total. The topological polar surface area (TPSA) is 50.6 Å². The zero-order valence-electron chi connectivity index (χ0n) is 12.1. The van der Waals surface area contributed by atoms with Crippen molar-refractivity contribution in [3.8, 4) is 0 Å². The summed E-state index contributed by atoms with van der Waals surface area (Å²) < 4.78 is 1.79. The van der Waals surface area contributed by atoms with Crippen molar-refractivity contribution in [2.24, 2.45) is 0 Å². The van der Waals surface area contributed by atoms with E-state index in [-0.39, 0.29) is 6.09 Å². The molecule has 1 amide bonds. The van der Waals surface area contributed by atoms with E-state index in [1.165, 1.54) is 10.3 Å². The van der Waals surface area contributed by atoms with Crippen LogP contribution >= 0.6 is 15.9 Å². The van der Waals surface area contributed by atoms with Gasteiger partial charge in [0.25, 0.3) is 0 Å². The van der Waals surface area contributed by atoms with Gasteiger partial charge in [0.15, 0.2) is 0 Å². The molecule has 1 aliphatic rings. The summed E-state index contributed by atoms with van der Waals surface area (Å²) in [5, 5.41) is 0. The van der Waals surface area contributed by atoms with E-state index < -0.39 is 0 Å². The quantitative estimate of drug-likeness (QED) is 0.835. The highest BCUT2D eigenvalue weighted by molar-refractivity contribution is 9.10. The number of imidazole rings is 1. The van der Waals surface area contributed by atoms with Gasteiger partial charge in [-0.05, 0) is 21.5 Å². The molecular weight excluding hydrogens is 348 g/mol. The lowest BCUT2D eigenvalue weighted by atomic mass is 10.2. The highest BCUT2D eigenvalue weighted by atomic mass is 79.9. The summed E-state index contributed by atoms with van der Waals surface area (Å²) in [6.07, 6.45) is 2.81. The number of aromatic nitrogens is 2. The van der Waals surface area contributed by atoms with Crippen molar-refractivity contribution in [3.63, 3.8) is 0 Å². The monoisotopic (exact) mass is 364 g/mol. The molecule has 0 radical (unpaired) electrons. The lowest BCUT2D eigenvalue weighted by molar-refractivity contribution is 0.0660. The smallest absolute Gasteiger partial charge is 0.315 e. The van der Waals surface area contributed by atoms with Crippen molar-refractivity contribution in [2.75, 3.05) is 26.2 Å². The minimum absolute atomic E-state index is 0.349. The maximum absolute atomic E-state index is 12.1. The van der Waals surface area contributed by atoms with Gasteiger partial charge in [0.1, 0.15) is 0 Å². The molecule has 1 aliphatic heterocycles. The molecule has 0 bridgehead atoms. The summed E-state index contributed by atoms with van der Waals surface area (Å²) in [5.74, 6) is 0. The first kappa shape index (κ1) is 15.1. The van der Waals surface area contributed by atoms with Crippen LogP contribution < -0.4 is 4.84 Å². The Hall–Kier alpha value is -1.86. The van der Waals surface area contributed by atoms with Crippen LogP contribution in [0.3, 0.4) is 0 Å². The second kappa shape index (κ2) is 6.93. The number of halogens is 1. The van der Waals surface area contributed by atoms with Crippen LogP contribution in [0.4, 0.5) is 4.79 Å². The lowest BCUT2D eigenvalue weighted by Crippen LogP contribution is -2.50. The number of carbonyl (C=O) groups excluding carboxylic acids is 1. The Balaban J connectivity index is 1.49. The molecule has 2 aromatic rings. The van der Waals surface area contributed by atoms with Gasteiger partial charge in [0, 0.05) is 38.9 Å². The maximum Gasteiger partial charge on any atom is 0.434 e. The van der Waals surface area contributed by atoms with Crippen LogP contribution in [0.5, 0.6) is 0 Å². The van der Waals surface area contributed by atoms with Crippen LogP contribution in [0.1, 0.15) is 5.56 Å². The Kier molecular flexibility index (Phi) is 4.74. The maximum atomic E-state index is 12.1. The molecule has 7 heteroatoms. The van der Waals surface area contributed by atoms with E-state index in [4.69, 9.17) is 4.84 Å². The second-order valence-electron chi connectivity index (χ2n) is 5.13. The molecule has 3 rings (SSSR count). The number of rotatable bonds is 3. The molecule has 116 valence electrons. The number of hydrogen-bond donors (Lipinski definition) is 0. The van der Waals surface area contributed by atoms with E-state index in [2.05, 4.69) is 37.9 Å². The van der Waals surface area contributed by atoms with E-state index in [1.54, 1.807) is 17.3 Å². The normalized spacial score (nSPS) is 15.8. The molecular formula is C15H17BrN4O2. The van der Waals surface area contributed by atoms with Gasteiger partial charge in [0.2, 0.25) is 4.73 Å². The number of nitrogens with zero attached hydrogens (tertiary/aromatic N) is 4. The first-order valence-corrected chi connectivity index (χ1v) is 7.94. The molecule has 1 aromatic heterocycles. The molecule has 6 nitrogen and oxygen atoms in total. The second-order valence-corrected chi connectivity index (χ2v) is 5.84. The predicted octanol–water partition coefficient (Wildman–Crippen LogP) is 2.01. The van der Waals surface area contributed by atoms with E-state index in [9.17, 15) is 4.79 Å². The molecule has 0 aliphatic carbocycles. The van der Waals surface area contributed by atoms with Crippen LogP contribution in [0.2, 0.25) is 0 Å². The standard InChI is InChI=1S/C15H17BrN4O2/c16-14-17-6-7-20(14)22-15(21)19-10-8-18(9-11-19)12-13-4-2-1-3-5-13/h1-7H,8-12H2. The van der Waals surface area contributed by atoms with Crippen LogP contribution in [0, 0.1) is 0 Å². The van der Waals surface area contributed by atoms with Crippen molar-refractivity contribution < 1.29 is 9.63 Å². The molecule has 22 heavy (non-hydrogen) atoms. The molecule has 1 aromatic carbocycles. The van der Waals surface area contributed by atoms with Gasteiger partial charge in [-0.1, -0.05) is 30.3 Å². The van der Waals surface area contributed by atoms with Crippen molar-refractivity contribution in [3.05, 3.63) is 53.0 Å². The largest absolute Gasteiger partial charge is 0.434 e. The SMILES string of the molecule is O=C(On1ccnc1Br)N1CCN(Cc2ccccc2)CC1. The number of amides is 1. The number of piperazine rings is 1. The van der Waals surface area contributed by atoms with E-state index >= 15 is 0 Å². The number of benzene rings is 1. The Bertz CT molecular complexity index is 623. The summed E-state index contributed by atoms with van der Waals surface area (Å²) in [5.41, 5.74) is 1.29.